The van der Waals surface area contributed by atoms with Crippen LogP contribution in [0.5, 0.6) is 11.5 Å². The maximum Gasteiger partial charge on any atom is 0.274 e. The van der Waals surface area contributed by atoms with Crippen LogP contribution < -0.4 is 14.8 Å². The molecule has 0 unspecified atom stereocenters. The zero-order valence-electron chi connectivity index (χ0n) is 16.1. The van der Waals surface area contributed by atoms with Gasteiger partial charge in [-0.15, -0.1) is 0 Å². The van der Waals surface area contributed by atoms with Gasteiger partial charge in [0.1, 0.15) is 23.0 Å². The van der Waals surface area contributed by atoms with Crippen LogP contribution in [0.25, 0.3) is 0 Å². The lowest BCUT2D eigenvalue weighted by Gasteiger charge is -2.33. The molecule has 1 N–H and O–H groups in total. The van der Waals surface area contributed by atoms with Gasteiger partial charge in [-0.1, -0.05) is 0 Å². The van der Waals surface area contributed by atoms with Crippen LogP contribution in [0.2, 0.25) is 0 Å². The number of ether oxygens (including phenoxy) is 2. The van der Waals surface area contributed by atoms with Gasteiger partial charge in [0.25, 0.3) is 5.91 Å². The number of carbonyl (C=O) groups is 2. The fourth-order valence-electron chi connectivity index (χ4n) is 2.94. The molecule has 0 atom stereocenters. The third-order valence-corrected chi connectivity index (χ3v) is 4.55. The van der Waals surface area contributed by atoms with Gasteiger partial charge < -0.3 is 24.6 Å². The lowest BCUT2D eigenvalue weighted by Crippen LogP contribution is -2.50. The molecule has 0 aliphatic carbocycles. The molecular formula is C19H23N5O4. The summed E-state index contributed by atoms with van der Waals surface area (Å²) in [7, 11) is 3.16. The molecule has 9 nitrogen and oxygen atoms in total. The van der Waals surface area contributed by atoms with Crippen molar-refractivity contribution < 1.29 is 19.1 Å². The van der Waals surface area contributed by atoms with Gasteiger partial charge in [0.05, 0.1) is 32.3 Å². The number of nitrogens with one attached hydrogen (secondary N) is 1. The largest absolute Gasteiger partial charge is 0.497 e. The number of rotatable bonds is 5. The van der Waals surface area contributed by atoms with Crippen molar-refractivity contribution in [2.24, 2.45) is 0 Å². The van der Waals surface area contributed by atoms with E-state index in [0.29, 0.717) is 49.2 Å². The predicted molar refractivity (Wildman–Crippen MR) is 103 cm³/mol. The van der Waals surface area contributed by atoms with Crippen LogP contribution in [-0.2, 0) is 4.79 Å². The Labute approximate surface area is 163 Å². The molecule has 3 rings (SSSR count). The van der Waals surface area contributed by atoms with Crippen molar-refractivity contribution in [3.8, 4) is 11.5 Å². The van der Waals surface area contributed by atoms with Gasteiger partial charge in [-0.25, -0.2) is 9.97 Å². The number of anilines is 2. The molecule has 1 aromatic heterocycles. The maximum absolute atomic E-state index is 12.6. The minimum Gasteiger partial charge on any atom is -0.497 e. The number of hydrogen-bond donors (Lipinski definition) is 1. The number of methoxy groups -OCH3 is 2. The molecule has 2 aromatic rings. The van der Waals surface area contributed by atoms with E-state index < -0.39 is 0 Å². The molecule has 1 aliphatic rings. The Morgan fingerprint density at radius 3 is 2.29 bits per heavy atom. The monoisotopic (exact) mass is 385 g/mol. The summed E-state index contributed by atoms with van der Waals surface area (Å²) >= 11 is 0. The summed E-state index contributed by atoms with van der Waals surface area (Å²) in [5.41, 5.74) is 0.940. The van der Waals surface area contributed by atoms with E-state index in [1.165, 1.54) is 19.3 Å². The van der Waals surface area contributed by atoms with Gasteiger partial charge in [-0.2, -0.15) is 0 Å². The van der Waals surface area contributed by atoms with Crippen LogP contribution in [0.15, 0.2) is 30.6 Å². The predicted octanol–water partition coefficient (Wildman–Crippen LogP) is 1.54. The molecule has 0 bridgehead atoms. The molecule has 28 heavy (non-hydrogen) atoms. The van der Waals surface area contributed by atoms with Crippen LogP contribution in [-0.4, -0.2) is 72.0 Å². The molecular weight excluding hydrogens is 362 g/mol. The van der Waals surface area contributed by atoms with Crippen LogP contribution >= 0.6 is 0 Å². The SMILES string of the molecule is COc1ccc(OC)c(Nc2cnc(C(=O)N3CCN(C(C)=O)CC3)cn2)c1. The van der Waals surface area contributed by atoms with E-state index in [9.17, 15) is 9.59 Å². The van der Waals surface area contributed by atoms with Gasteiger partial charge >= 0.3 is 0 Å². The summed E-state index contributed by atoms with van der Waals surface area (Å²) in [6.45, 7) is 3.57. The molecule has 1 aliphatic heterocycles. The van der Waals surface area contributed by atoms with Crippen LogP contribution in [0.4, 0.5) is 11.5 Å². The van der Waals surface area contributed by atoms with E-state index in [4.69, 9.17) is 9.47 Å². The first-order chi connectivity index (χ1) is 13.5. The lowest BCUT2D eigenvalue weighted by atomic mass is 10.2. The Bertz CT molecular complexity index is 848. The van der Waals surface area contributed by atoms with Crippen molar-refractivity contribution in [1.29, 1.82) is 0 Å². The number of aromatic nitrogens is 2. The summed E-state index contributed by atoms with van der Waals surface area (Å²) < 4.78 is 10.6. The zero-order chi connectivity index (χ0) is 20.1. The summed E-state index contributed by atoms with van der Waals surface area (Å²) in [5.74, 6) is 1.61. The molecule has 1 aromatic carbocycles. The molecule has 0 radical (unpaired) electrons. The van der Waals surface area contributed by atoms with E-state index in [1.807, 2.05) is 0 Å². The highest BCUT2D eigenvalue weighted by Gasteiger charge is 2.24. The van der Waals surface area contributed by atoms with Crippen LogP contribution in [0, 0.1) is 0 Å². The quantitative estimate of drug-likeness (QED) is 0.834. The first kappa shape index (κ1) is 19.4. The lowest BCUT2D eigenvalue weighted by molar-refractivity contribution is -0.130. The van der Waals surface area contributed by atoms with Crippen molar-refractivity contribution in [1.82, 2.24) is 19.8 Å². The second-order valence-electron chi connectivity index (χ2n) is 6.28. The van der Waals surface area contributed by atoms with Crippen LogP contribution in [0.3, 0.4) is 0 Å². The van der Waals surface area contributed by atoms with Crippen molar-refractivity contribution in [3.63, 3.8) is 0 Å². The second kappa shape index (κ2) is 8.55. The topological polar surface area (TPSA) is 96.9 Å². The fourth-order valence-corrected chi connectivity index (χ4v) is 2.94. The Hall–Kier alpha value is -3.36. The Balaban J connectivity index is 1.67. The van der Waals surface area contributed by atoms with E-state index in [-0.39, 0.29) is 17.5 Å². The number of hydrogen-bond acceptors (Lipinski definition) is 7. The molecule has 0 saturated carbocycles. The molecule has 148 valence electrons. The minimum atomic E-state index is -0.193. The molecule has 1 fully saturated rings. The van der Waals surface area contributed by atoms with E-state index in [1.54, 1.807) is 42.2 Å². The number of nitrogens with zero attached hydrogens (tertiary/aromatic N) is 4. The van der Waals surface area contributed by atoms with Gasteiger partial charge in [0, 0.05) is 39.2 Å². The fraction of sp³-hybridized carbons (Fsp3) is 0.368. The van der Waals surface area contributed by atoms with E-state index in [0.717, 1.165) is 0 Å². The highest BCUT2D eigenvalue weighted by molar-refractivity contribution is 5.92. The third-order valence-electron chi connectivity index (χ3n) is 4.55. The average Bonchev–Trinajstić information content (AvgIpc) is 2.73. The molecule has 2 amide bonds. The minimum absolute atomic E-state index is 0.0234. The Morgan fingerprint density at radius 2 is 1.71 bits per heavy atom. The molecule has 0 spiro atoms. The van der Waals surface area contributed by atoms with Crippen molar-refractivity contribution in [3.05, 3.63) is 36.3 Å². The summed E-state index contributed by atoms with van der Waals surface area (Å²) in [6, 6.07) is 5.37. The number of piperazine rings is 1. The number of amides is 2. The Morgan fingerprint density at radius 1 is 1.00 bits per heavy atom. The Kier molecular flexibility index (Phi) is 5.93. The van der Waals surface area contributed by atoms with Gasteiger partial charge in [0.2, 0.25) is 5.91 Å². The van der Waals surface area contributed by atoms with Gasteiger partial charge in [0.15, 0.2) is 0 Å². The van der Waals surface area contributed by atoms with Crippen molar-refractivity contribution in [2.75, 3.05) is 45.7 Å². The van der Waals surface area contributed by atoms with Crippen molar-refractivity contribution >= 4 is 23.3 Å². The summed E-state index contributed by atoms with van der Waals surface area (Å²) in [5, 5.41) is 3.11. The van der Waals surface area contributed by atoms with Gasteiger partial charge in [-0.05, 0) is 12.1 Å². The number of benzene rings is 1. The van der Waals surface area contributed by atoms with E-state index in [2.05, 4.69) is 15.3 Å². The highest BCUT2D eigenvalue weighted by atomic mass is 16.5. The third kappa shape index (κ3) is 4.30. The summed E-state index contributed by atoms with van der Waals surface area (Å²) in [6.07, 6.45) is 2.94. The van der Waals surface area contributed by atoms with Gasteiger partial charge in [-0.3, -0.25) is 9.59 Å². The maximum atomic E-state index is 12.6. The second-order valence-corrected chi connectivity index (χ2v) is 6.28. The smallest absolute Gasteiger partial charge is 0.274 e. The molecule has 2 heterocycles. The average molecular weight is 385 g/mol. The summed E-state index contributed by atoms with van der Waals surface area (Å²) in [4.78, 5) is 35.9. The van der Waals surface area contributed by atoms with E-state index >= 15 is 0 Å². The molecule has 9 heteroatoms. The first-order valence-electron chi connectivity index (χ1n) is 8.87. The van der Waals surface area contributed by atoms with Crippen molar-refractivity contribution in [2.45, 2.75) is 6.92 Å². The zero-order valence-corrected chi connectivity index (χ0v) is 16.1. The highest BCUT2D eigenvalue weighted by Crippen LogP contribution is 2.30. The normalized spacial score (nSPS) is 13.8. The number of carbonyl (C=O) groups excluding carboxylic acids is 2. The first-order valence-corrected chi connectivity index (χ1v) is 8.87. The van der Waals surface area contributed by atoms with Crippen LogP contribution in [0.1, 0.15) is 17.4 Å². The standard InChI is InChI=1S/C19H23N5O4/c1-13(25)23-6-8-24(9-7-23)19(26)16-11-21-18(12-20-16)22-15-10-14(27-2)4-5-17(15)28-3/h4-5,10-12H,6-9H2,1-3H3,(H,21,22). The molecule has 1 saturated heterocycles.